The summed E-state index contributed by atoms with van der Waals surface area (Å²) in [5, 5.41) is 18.1. The van der Waals surface area contributed by atoms with Crippen LogP contribution >= 0.6 is 15.9 Å². The van der Waals surface area contributed by atoms with Gasteiger partial charge < -0.3 is 9.67 Å². The quantitative estimate of drug-likeness (QED) is 0.418. The normalized spacial score (nSPS) is 21.0. The van der Waals surface area contributed by atoms with E-state index in [-0.39, 0.29) is 23.6 Å². The molecule has 2 aromatic heterocycles. The van der Waals surface area contributed by atoms with Gasteiger partial charge in [0.25, 0.3) is 0 Å². The molecule has 4 heterocycles. The van der Waals surface area contributed by atoms with Crippen LogP contribution in [-0.2, 0) is 6.42 Å². The predicted molar refractivity (Wildman–Crippen MR) is 143 cm³/mol. The molecule has 3 aromatic rings. The van der Waals surface area contributed by atoms with Gasteiger partial charge in [-0.3, -0.25) is 15.4 Å². The average molecular weight is 544 g/mol. The van der Waals surface area contributed by atoms with E-state index in [0.717, 1.165) is 34.6 Å². The van der Waals surface area contributed by atoms with Crippen LogP contribution in [-0.4, -0.2) is 37.9 Å². The Bertz CT molecular complexity index is 1470. The Morgan fingerprint density at radius 1 is 1.14 bits per heavy atom. The highest BCUT2D eigenvalue weighted by Crippen LogP contribution is 2.31. The molecule has 0 spiro atoms. The molecule has 0 bridgehead atoms. The second-order valence-electron chi connectivity index (χ2n) is 9.11. The molecule has 0 aliphatic carbocycles. The topological polar surface area (TPSA) is 104 Å². The number of nitrogens with zero attached hydrogens (tertiary/aromatic N) is 4. The van der Waals surface area contributed by atoms with Gasteiger partial charge in [-0.25, -0.2) is 9.78 Å². The first-order valence-corrected chi connectivity index (χ1v) is 12.7. The maximum atomic E-state index is 11.3. The second kappa shape index (κ2) is 9.78. The average Bonchev–Trinajstić information content (AvgIpc) is 3.05. The zero-order valence-corrected chi connectivity index (χ0v) is 21.6. The standard InChI is InChI=1S/C28H26BrN5O2/c1-16-5-6-20(21-11-12-23(32-15-21)22-4-3-13-31-17(22)2)14-24-33-26(25(29)27(30)34(16)24)18-7-9-19(10-8-18)28(35)36/h4-13,15-17,20,30H,3,14H2,1-2H3,(H,35,36). The van der Waals surface area contributed by atoms with Crippen molar-refractivity contribution in [1.29, 1.82) is 5.41 Å². The van der Waals surface area contributed by atoms with Crippen LogP contribution < -0.4 is 5.49 Å². The van der Waals surface area contributed by atoms with Gasteiger partial charge in [-0.1, -0.05) is 36.4 Å². The molecule has 2 aliphatic rings. The monoisotopic (exact) mass is 543 g/mol. The number of allylic oxidation sites excluding steroid dienone is 3. The third-order valence-electron chi connectivity index (χ3n) is 6.75. The highest BCUT2D eigenvalue weighted by Gasteiger charge is 2.23. The van der Waals surface area contributed by atoms with Crippen LogP contribution in [0.3, 0.4) is 0 Å². The Morgan fingerprint density at radius 2 is 1.92 bits per heavy atom. The number of pyridine rings is 1. The minimum absolute atomic E-state index is 0.0388. The fourth-order valence-corrected chi connectivity index (χ4v) is 5.27. The van der Waals surface area contributed by atoms with Crippen molar-refractivity contribution in [2.45, 2.75) is 44.7 Å². The van der Waals surface area contributed by atoms with Crippen LogP contribution in [0.5, 0.6) is 0 Å². The minimum atomic E-state index is -0.975. The lowest BCUT2D eigenvalue weighted by molar-refractivity contribution is 0.0697. The molecule has 0 saturated heterocycles. The molecule has 0 fully saturated rings. The van der Waals surface area contributed by atoms with Crippen molar-refractivity contribution in [3.05, 3.63) is 93.4 Å². The van der Waals surface area contributed by atoms with Crippen LogP contribution in [0.1, 0.15) is 59.7 Å². The number of carbonyl (C=O) groups is 1. The molecular formula is C28H26BrN5O2. The molecule has 182 valence electrons. The van der Waals surface area contributed by atoms with Gasteiger partial charge in [0, 0.05) is 36.7 Å². The summed E-state index contributed by atoms with van der Waals surface area (Å²) in [6.07, 6.45) is 11.8. The van der Waals surface area contributed by atoms with Crippen molar-refractivity contribution in [2.24, 2.45) is 4.99 Å². The number of halogens is 1. The maximum Gasteiger partial charge on any atom is 0.335 e. The number of carboxylic acid groups (broad SMARTS) is 1. The summed E-state index contributed by atoms with van der Waals surface area (Å²) >= 11 is 3.57. The number of hydrogen-bond acceptors (Lipinski definition) is 5. The minimum Gasteiger partial charge on any atom is -0.478 e. The lowest BCUT2D eigenvalue weighted by Crippen LogP contribution is -2.28. The van der Waals surface area contributed by atoms with Gasteiger partial charge in [0.15, 0.2) is 0 Å². The van der Waals surface area contributed by atoms with Crippen molar-refractivity contribution in [1.82, 2.24) is 14.5 Å². The molecule has 1 aromatic carbocycles. The van der Waals surface area contributed by atoms with Crippen LogP contribution in [0.4, 0.5) is 0 Å². The van der Waals surface area contributed by atoms with E-state index in [0.29, 0.717) is 22.1 Å². The van der Waals surface area contributed by atoms with E-state index < -0.39 is 5.97 Å². The zero-order valence-electron chi connectivity index (χ0n) is 20.0. The van der Waals surface area contributed by atoms with E-state index in [9.17, 15) is 9.90 Å². The number of benzene rings is 1. The van der Waals surface area contributed by atoms with E-state index in [4.69, 9.17) is 15.4 Å². The third kappa shape index (κ3) is 4.48. The molecule has 5 rings (SSSR count). The molecule has 2 N–H and O–H groups in total. The number of nitrogens with one attached hydrogen (secondary N) is 1. The number of hydrogen-bond donors (Lipinski definition) is 2. The van der Waals surface area contributed by atoms with E-state index >= 15 is 0 Å². The molecule has 3 unspecified atom stereocenters. The van der Waals surface area contributed by atoms with Gasteiger partial charge in [-0.05, 0) is 59.1 Å². The summed E-state index contributed by atoms with van der Waals surface area (Å²) in [5.74, 6) is -0.115. The van der Waals surface area contributed by atoms with E-state index in [1.807, 2.05) is 17.0 Å². The number of fused-ring (bicyclic) bond motifs is 1. The molecule has 36 heavy (non-hydrogen) atoms. The van der Waals surface area contributed by atoms with Gasteiger partial charge in [0.05, 0.1) is 33.5 Å². The van der Waals surface area contributed by atoms with Crippen molar-refractivity contribution in [3.8, 4) is 11.3 Å². The summed E-state index contributed by atoms with van der Waals surface area (Å²) in [6, 6.07) is 10.8. The zero-order chi connectivity index (χ0) is 25.4. The van der Waals surface area contributed by atoms with Crippen LogP contribution in [0.15, 0.2) is 70.3 Å². The summed E-state index contributed by atoms with van der Waals surface area (Å²) in [5.41, 5.74) is 5.13. The molecular weight excluding hydrogens is 518 g/mol. The molecule has 8 heteroatoms. The first-order chi connectivity index (χ1) is 17.3. The highest BCUT2D eigenvalue weighted by atomic mass is 79.9. The first-order valence-electron chi connectivity index (χ1n) is 11.9. The fourth-order valence-electron chi connectivity index (χ4n) is 4.76. The first kappa shape index (κ1) is 24.1. The Balaban J connectivity index is 1.50. The largest absolute Gasteiger partial charge is 0.478 e. The Labute approximate surface area is 217 Å². The molecule has 0 radical (unpaired) electrons. The lowest BCUT2D eigenvalue weighted by atomic mass is 9.95. The second-order valence-corrected chi connectivity index (χ2v) is 9.90. The van der Waals surface area contributed by atoms with Crippen LogP contribution in [0, 0.1) is 5.41 Å². The van der Waals surface area contributed by atoms with Gasteiger partial charge in [-0.2, -0.15) is 0 Å². The van der Waals surface area contributed by atoms with E-state index in [1.54, 1.807) is 24.3 Å². The van der Waals surface area contributed by atoms with Crippen molar-refractivity contribution in [2.75, 3.05) is 0 Å². The number of rotatable bonds is 4. The lowest BCUT2D eigenvalue weighted by Gasteiger charge is -2.20. The number of dihydropyridines is 1. The summed E-state index contributed by atoms with van der Waals surface area (Å²) in [4.78, 5) is 25.5. The number of aromatic carboxylic acids is 1. The summed E-state index contributed by atoms with van der Waals surface area (Å²) in [7, 11) is 0. The van der Waals surface area contributed by atoms with Gasteiger partial charge in [0.1, 0.15) is 11.3 Å². The highest BCUT2D eigenvalue weighted by molar-refractivity contribution is 9.10. The Kier molecular flexibility index (Phi) is 6.53. The summed E-state index contributed by atoms with van der Waals surface area (Å²) in [6.45, 7) is 4.13. The van der Waals surface area contributed by atoms with Crippen molar-refractivity contribution >= 4 is 33.7 Å². The summed E-state index contributed by atoms with van der Waals surface area (Å²) < 4.78 is 2.51. The molecule has 3 atom stereocenters. The molecule has 0 amide bonds. The van der Waals surface area contributed by atoms with Crippen molar-refractivity contribution in [3.63, 3.8) is 0 Å². The smallest absolute Gasteiger partial charge is 0.335 e. The van der Waals surface area contributed by atoms with Gasteiger partial charge >= 0.3 is 5.97 Å². The van der Waals surface area contributed by atoms with Gasteiger partial charge in [-0.15, -0.1) is 0 Å². The molecule has 7 nitrogen and oxygen atoms in total. The van der Waals surface area contributed by atoms with E-state index in [2.05, 4.69) is 65.1 Å². The van der Waals surface area contributed by atoms with E-state index in [1.165, 1.54) is 0 Å². The molecule has 0 saturated carbocycles. The number of carboxylic acids is 1. The Morgan fingerprint density at radius 3 is 2.58 bits per heavy atom. The number of aliphatic imine (C=N–C) groups is 1. The van der Waals surface area contributed by atoms with Gasteiger partial charge in [0.2, 0.25) is 0 Å². The fraction of sp³-hybridized carbons (Fsp3) is 0.250. The molecule has 2 aliphatic heterocycles. The van der Waals surface area contributed by atoms with Crippen molar-refractivity contribution < 1.29 is 9.90 Å². The third-order valence-corrected chi connectivity index (χ3v) is 7.50. The Hall–Kier alpha value is -3.65. The predicted octanol–water partition coefficient (Wildman–Crippen LogP) is 5.59. The van der Waals surface area contributed by atoms with Crippen LogP contribution in [0.2, 0.25) is 0 Å². The van der Waals surface area contributed by atoms with Crippen LogP contribution in [0.25, 0.3) is 16.8 Å². The maximum absolute atomic E-state index is 11.3. The number of aromatic nitrogens is 3. The SMILES string of the molecule is CC1N=CCC=C1c1ccc(C2C=CC(C)n3c(nc(-c4ccc(C(=O)O)cc4)c(Br)c3=N)C2)cn1.